The SMILES string of the molecule is CCOC(=O)c1nn(C)cc1CC(C)(C)NC. The van der Waals surface area contributed by atoms with Crippen LogP contribution >= 0.6 is 0 Å². The van der Waals surface area contributed by atoms with Crippen molar-refractivity contribution in [1.82, 2.24) is 15.1 Å². The Morgan fingerprint density at radius 3 is 2.76 bits per heavy atom. The summed E-state index contributed by atoms with van der Waals surface area (Å²) in [7, 11) is 3.71. The number of carbonyl (C=O) groups is 1. The number of nitrogens with one attached hydrogen (secondary N) is 1. The van der Waals surface area contributed by atoms with Gasteiger partial charge in [0.1, 0.15) is 0 Å². The van der Waals surface area contributed by atoms with Crippen LogP contribution in [-0.4, -0.2) is 34.9 Å². The molecular formula is C12H21N3O2. The molecule has 0 aromatic carbocycles. The first-order chi connectivity index (χ1) is 7.89. The quantitative estimate of drug-likeness (QED) is 0.783. The first kappa shape index (κ1) is 13.7. The van der Waals surface area contributed by atoms with Crippen LogP contribution in [0.1, 0.15) is 36.8 Å². The summed E-state index contributed by atoms with van der Waals surface area (Å²) in [4.78, 5) is 11.7. The average molecular weight is 239 g/mol. The highest BCUT2D eigenvalue weighted by molar-refractivity contribution is 5.88. The Balaban J connectivity index is 2.96. The second-order valence-electron chi connectivity index (χ2n) is 4.71. The molecule has 0 saturated carbocycles. The molecule has 0 aliphatic rings. The molecule has 1 aromatic rings. The molecule has 96 valence electrons. The lowest BCUT2D eigenvalue weighted by molar-refractivity contribution is 0.0517. The van der Waals surface area contributed by atoms with Crippen molar-refractivity contribution in [3.8, 4) is 0 Å². The van der Waals surface area contributed by atoms with E-state index in [1.807, 2.05) is 13.2 Å². The van der Waals surface area contributed by atoms with Gasteiger partial charge in [0.25, 0.3) is 0 Å². The van der Waals surface area contributed by atoms with Crippen LogP contribution in [0.4, 0.5) is 0 Å². The molecule has 5 nitrogen and oxygen atoms in total. The molecule has 0 fully saturated rings. The number of hydrogen-bond donors (Lipinski definition) is 1. The van der Waals surface area contributed by atoms with Crippen molar-refractivity contribution in [2.75, 3.05) is 13.7 Å². The predicted molar refractivity (Wildman–Crippen MR) is 66.0 cm³/mol. The van der Waals surface area contributed by atoms with Crippen LogP contribution in [0.5, 0.6) is 0 Å². The second kappa shape index (κ2) is 5.31. The van der Waals surface area contributed by atoms with Crippen LogP contribution in [0.25, 0.3) is 0 Å². The van der Waals surface area contributed by atoms with E-state index in [0.717, 1.165) is 12.0 Å². The molecule has 1 heterocycles. The summed E-state index contributed by atoms with van der Waals surface area (Å²) in [6.07, 6.45) is 2.59. The smallest absolute Gasteiger partial charge is 0.359 e. The molecule has 0 spiro atoms. The number of rotatable bonds is 5. The van der Waals surface area contributed by atoms with Crippen LogP contribution in [0.15, 0.2) is 6.20 Å². The lowest BCUT2D eigenvalue weighted by Crippen LogP contribution is -2.38. The van der Waals surface area contributed by atoms with Crippen LogP contribution in [0.2, 0.25) is 0 Å². The summed E-state index contributed by atoms with van der Waals surface area (Å²) in [6.45, 7) is 6.31. The second-order valence-corrected chi connectivity index (χ2v) is 4.71. The molecule has 0 aliphatic carbocycles. The van der Waals surface area contributed by atoms with Crippen LogP contribution < -0.4 is 5.32 Å². The summed E-state index contributed by atoms with van der Waals surface area (Å²) < 4.78 is 6.64. The number of esters is 1. The van der Waals surface area contributed by atoms with Crippen molar-refractivity contribution in [3.63, 3.8) is 0 Å². The molecule has 1 N–H and O–H groups in total. The van der Waals surface area contributed by atoms with Gasteiger partial charge in [-0.05, 0) is 34.2 Å². The number of aryl methyl sites for hydroxylation is 1. The number of hydrogen-bond acceptors (Lipinski definition) is 4. The van der Waals surface area contributed by atoms with Crippen LogP contribution in [0.3, 0.4) is 0 Å². The number of ether oxygens (including phenoxy) is 1. The zero-order chi connectivity index (χ0) is 13.1. The number of carbonyl (C=O) groups excluding carboxylic acids is 1. The van der Waals surface area contributed by atoms with Gasteiger partial charge in [-0.3, -0.25) is 4.68 Å². The Morgan fingerprint density at radius 2 is 2.24 bits per heavy atom. The first-order valence-electron chi connectivity index (χ1n) is 5.78. The Bertz CT molecular complexity index is 396. The van der Waals surface area contributed by atoms with E-state index in [9.17, 15) is 4.79 Å². The van der Waals surface area contributed by atoms with E-state index in [4.69, 9.17) is 4.74 Å². The molecule has 0 unspecified atom stereocenters. The first-order valence-corrected chi connectivity index (χ1v) is 5.78. The summed E-state index contributed by atoms with van der Waals surface area (Å²) in [6, 6.07) is 0. The summed E-state index contributed by atoms with van der Waals surface area (Å²) in [5.41, 5.74) is 1.24. The van der Waals surface area contributed by atoms with Gasteiger partial charge in [0.15, 0.2) is 5.69 Å². The minimum Gasteiger partial charge on any atom is -0.461 e. The van der Waals surface area contributed by atoms with Gasteiger partial charge in [0, 0.05) is 24.3 Å². The zero-order valence-corrected chi connectivity index (χ0v) is 11.2. The monoisotopic (exact) mass is 239 g/mol. The van der Waals surface area contributed by atoms with Crippen molar-refractivity contribution < 1.29 is 9.53 Å². The number of nitrogens with zero attached hydrogens (tertiary/aromatic N) is 2. The highest BCUT2D eigenvalue weighted by Gasteiger charge is 2.23. The number of likely N-dealkylation sites (N-methyl/N-ethyl adjacent to an activating group) is 1. The molecule has 0 saturated heterocycles. The summed E-state index contributed by atoms with van der Waals surface area (Å²) >= 11 is 0. The van der Waals surface area contributed by atoms with Gasteiger partial charge < -0.3 is 10.1 Å². The van der Waals surface area contributed by atoms with Crippen molar-refractivity contribution in [1.29, 1.82) is 0 Å². The van der Waals surface area contributed by atoms with E-state index >= 15 is 0 Å². The van der Waals surface area contributed by atoms with Crippen molar-refractivity contribution >= 4 is 5.97 Å². The standard InChI is InChI=1S/C12H21N3O2/c1-6-17-11(16)10-9(8-15(5)14-10)7-12(2,3)13-4/h8,13H,6-7H2,1-5H3. The van der Waals surface area contributed by atoms with Gasteiger partial charge in [-0.15, -0.1) is 0 Å². The van der Waals surface area contributed by atoms with E-state index in [-0.39, 0.29) is 11.5 Å². The highest BCUT2D eigenvalue weighted by Crippen LogP contribution is 2.16. The third-order valence-electron chi connectivity index (χ3n) is 2.68. The van der Waals surface area contributed by atoms with E-state index in [2.05, 4.69) is 24.3 Å². The fourth-order valence-corrected chi connectivity index (χ4v) is 1.60. The number of aromatic nitrogens is 2. The minimum absolute atomic E-state index is 0.0791. The predicted octanol–water partition coefficient (Wildman–Crippen LogP) is 1.14. The van der Waals surface area contributed by atoms with Gasteiger partial charge >= 0.3 is 5.97 Å². The van der Waals surface area contributed by atoms with Crippen molar-refractivity contribution in [2.24, 2.45) is 7.05 Å². The Kier molecular flexibility index (Phi) is 4.28. The van der Waals surface area contributed by atoms with Gasteiger partial charge in [0.2, 0.25) is 0 Å². The molecule has 0 radical (unpaired) electrons. The fraction of sp³-hybridized carbons (Fsp3) is 0.667. The van der Waals surface area contributed by atoms with Gasteiger partial charge in [-0.1, -0.05) is 0 Å². The van der Waals surface area contributed by atoms with E-state index in [1.165, 1.54) is 0 Å². The molecule has 17 heavy (non-hydrogen) atoms. The molecule has 0 atom stereocenters. The molecular weight excluding hydrogens is 218 g/mol. The maximum atomic E-state index is 11.7. The fourth-order valence-electron chi connectivity index (χ4n) is 1.60. The third kappa shape index (κ3) is 3.56. The average Bonchev–Trinajstić information content (AvgIpc) is 2.59. The van der Waals surface area contributed by atoms with Gasteiger partial charge in [-0.25, -0.2) is 4.79 Å². The Labute approximate surface area is 102 Å². The van der Waals surface area contributed by atoms with Gasteiger partial charge in [0.05, 0.1) is 6.61 Å². The van der Waals surface area contributed by atoms with Crippen LogP contribution in [0, 0.1) is 0 Å². The highest BCUT2D eigenvalue weighted by atomic mass is 16.5. The van der Waals surface area contributed by atoms with Gasteiger partial charge in [-0.2, -0.15) is 5.10 Å². The largest absolute Gasteiger partial charge is 0.461 e. The topological polar surface area (TPSA) is 56.1 Å². The lowest BCUT2D eigenvalue weighted by Gasteiger charge is -2.23. The van der Waals surface area contributed by atoms with E-state index < -0.39 is 0 Å². The minimum atomic E-state index is -0.352. The van der Waals surface area contributed by atoms with E-state index in [1.54, 1.807) is 18.7 Å². The Hall–Kier alpha value is -1.36. The molecule has 5 heteroatoms. The molecule has 0 amide bonds. The summed E-state index contributed by atoms with van der Waals surface area (Å²) in [5.74, 6) is -0.352. The maximum Gasteiger partial charge on any atom is 0.359 e. The summed E-state index contributed by atoms with van der Waals surface area (Å²) in [5, 5.41) is 7.37. The normalized spacial score (nSPS) is 11.6. The lowest BCUT2D eigenvalue weighted by atomic mass is 9.95. The molecule has 1 aromatic heterocycles. The molecule has 0 aliphatic heterocycles. The Morgan fingerprint density at radius 1 is 1.59 bits per heavy atom. The third-order valence-corrected chi connectivity index (χ3v) is 2.68. The van der Waals surface area contributed by atoms with Crippen LogP contribution in [-0.2, 0) is 18.2 Å². The molecule has 0 bridgehead atoms. The molecule has 1 rings (SSSR count). The van der Waals surface area contributed by atoms with Crippen molar-refractivity contribution in [3.05, 3.63) is 17.5 Å². The van der Waals surface area contributed by atoms with E-state index in [0.29, 0.717) is 12.3 Å². The zero-order valence-electron chi connectivity index (χ0n) is 11.2. The maximum absolute atomic E-state index is 11.7. The van der Waals surface area contributed by atoms with Crippen molar-refractivity contribution in [2.45, 2.75) is 32.7 Å².